The molecule has 2 N–H and O–H groups in total. The average molecular weight is 719 g/mol. The number of hydrogen-bond acceptors (Lipinski definition) is 9. The number of aromatic nitrogens is 2. The Labute approximate surface area is 302 Å². The van der Waals surface area contributed by atoms with Crippen molar-refractivity contribution in [1.29, 1.82) is 0 Å². The van der Waals surface area contributed by atoms with E-state index in [0.717, 1.165) is 31.3 Å². The molecule has 7 rings (SSSR count). The van der Waals surface area contributed by atoms with Crippen LogP contribution in [0, 0.1) is 11.8 Å². The number of aliphatic hydroxyl groups excluding tert-OH is 1. The van der Waals surface area contributed by atoms with Crippen molar-refractivity contribution in [2.45, 2.75) is 30.5 Å². The van der Waals surface area contributed by atoms with Gasteiger partial charge in [-0.3, -0.25) is 14.3 Å². The van der Waals surface area contributed by atoms with E-state index in [9.17, 15) is 14.7 Å². The standard InChI is InChI=1S/C40H34N2O7S2/c1-46-30-15-11-28(12-16-30)40(27-7-4-3-5-8-27,29-13-17-31(47-2)18-14-29)48-25-34-33(43)23-37(49-34)42-24-26(38(44)41-39(42)45)10-19-32-20-21-36(51-32)35-9-6-22-50-35/h3-9,11-18,20-22,24,33-34,37,43H,23,25H2,1-2H3,(H,41,44,45)/t33-,34+,37+/m0/s1. The molecule has 0 saturated carbocycles. The number of ether oxygens (including phenoxy) is 4. The third-order valence-corrected chi connectivity index (χ3v) is 10.9. The fraction of sp³-hybridized carbons (Fsp3) is 0.200. The number of rotatable bonds is 10. The number of H-pyrrole nitrogens is 1. The topological polar surface area (TPSA) is 112 Å². The lowest BCUT2D eigenvalue weighted by molar-refractivity contribution is -0.0944. The third-order valence-electron chi connectivity index (χ3n) is 8.81. The average Bonchev–Trinajstić information content (AvgIpc) is 3.95. The first-order chi connectivity index (χ1) is 24.9. The molecular weight excluding hydrogens is 685 g/mol. The number of benzene rings is 3. The van der Waals surface area contributed by atoms with E-state index < -0.39 is 35.3 Å². The summed E-state index contributed by atoms with van der Waals surface area (Å²) in [5, 5.41) is 13.3. The highest BCUT2D eigenvalue weighted by Gasteiger charge is 2.42. The van der Waals surface area contributed by atoms with Crippen LogP contribution in [0.2, 0.25) is 0 Å². The number of nitrogens with one attached hydrogen (secondary N) is 1. The summed E-state index contributed by atoms with van der Waals surface area (Å²) in [5.74, 6) is 7.36. The van der Waals surface area contributed by atoms with Gasteiger partial charge in [-0.2, -0.15) is 0 Å². The molecule has 51 heavy (non-hydrogen) atoms. The Morgan fingerprint density at radius 3 is 2.14 bits per heavy atom. The predicted molar refractivity (Wildman–Crippen MR) is 198 cm³/mol. The number of thiophene rings is 2. The first-order valence-electron chi connectivity index (χ1n) is 16.2. The fourth-order valence-electron chi connectivity index (χ4n) is 6.19. The number of aromatic amines is 1. The third kappa shape index (κ3) is 7.05. The molecule has 0 spiro atoms. The molecule has 1 aliphatic rings. The summed E-state index contributed by atoms with van der Waals surface area (Å²) >= 11 is 3.17. The first-order valence-corrected chi connectivity index (χ1v) is 17.9. The molecule has 0 bridgehead atoms. The molecule has 0 amide bonds. The summed E-state index contributed by atoms with van der Waals surface area (Å²) < 4.78 is 25.4. The second-order valence-electron chi connectivity index (χ2n) is 11.8. The van der Waals surface area contributed by atoms with Gasteiger partial charge in [-0.1, -0.05) is 72.5 Å². The molecule has 4 heterocycles. The van der Waals surface area contributed by atoms with E-state index in [0.29, 0.717) is 11.5 Å². The SMILES string of the molecule is COc1ccc(C(OC[C@H]2O[C@@H](n3cc(C#Cc4ccc(-c5cccs5)s4)c(=O)[nH]c3=O)C[C@@H]2O)(c2ccccc2)c2ccc(OC)cc2)cc1. The van der Waals surface area contributed by atoms with Crippen molar-refractivity contribution in [3.63, 3.8) is 0 Å². The van der Waals surface area contributed by atoms with Crippen molar-refractivity contribution in [2.75, 3.05) is 20.8 Å². The van der Waals surface area contributed by atoms with E-state index in [1.54, 1.807) is 25.6 Å². The summed E-state index contributed by atoms with van der Waals surface area (Å²) in [6.07, 6.45) is -1.13. The Bertz CT molecular complexity index is 2220. The quantitative estimate of drug-likeness (QED) is 0.125. The second kappa shape index (κ2) is 14.9. The molecule has 3 aromatic carbocycles. The fourth-order valence-corrected chi connectivity index (χ4v) is 7.88. The van der Waals surface area contributed by atoms with Gasteiger partial charge in [-0.15, -0.1) is 22.7 Å². The maximum atomic E-state index is 13.0. The van der Waals surface area contributed by atoms with Gasteiger partial charge in [0.1, 0.15) is 35.0 Å². The molecule has 258 valence electrons. The van der Waals surface area contributed by atoms with Crippen LogP contribution in [-0.2, 0) is 15.1 Å². The van der Waals surface area contributed by atoms with Gasteiger partial charge in [-0.25, -0.2) is 4.79 Å². The van der Waals surface area contributed by atoms with Crippen LogP contribution >= 0.6 is 22.7 Å². The Hall–Kier alpha value is -5.22. The van der Waals surface area contributed by atoms with E-state index in [1.807, 2.05) is 109 Å². The summed E-state index contributed by atoms with van der Waals surface area (Å²) in [6.45, 7) is -0.0274. The maximum Gasteiger partial charge on any atom is 0.330 e. The molecule has 0 aliphatic carbocycles. The molecule has 3 aromatic heterocycles. The van der Waals surface area contributed by atoms with Gasteiger partial charge >= 0.3 is 5.69 Å². The van der Waals surface area contributed by atoms with Gasteiger partial charge in [0.15, 0.2) is 0 Å². The smallest absolute Gasteiger partial charge is 0.330 e. The zero-order valence-corrected chi connectivity index (χ0v) is 29.4. The van der Waals surface area contributed by atoms with E-state index in [-0.39, 0.29) is 18.6 Å². The van der Waals surface area contributed by atoms with Crippen molar-refractivity contribution >= 4 is 22.7 Å². The molecular formula is C40H34N2O7S2. The van der Waals surface area contributed by atoms with E-state index in [4.69, 9.17) is 18.9 Å². The molecule has 9 nitrogen and oxygen atoms in total. The van der Waals surface area contributed by atoms with Crippen LogP contribution in [0.5, 0.6) is 11.5 Å². The lowest BCUT2D eigenvalue weighted by Gasteiger charge is -2.37. The van der Waals surface area contributed by atoms with Crippen LogP contribution in [0.25, 0.3) is 9.75 Å². The molecule has 11 heteroatoms. The van der Waals surface area contributed by atoms with Crippen molar-refractivity contribution in [3.8, 4) is 33.1 Å². The minimum atomic E-state index is -1.12. The van der Waals surface area contributed by atoms with E-state index >= 15 is 0 Å². The van der Waals surface area contributed by atoms with Crippen LogP contribution in [0.4, 0.5) is 0 Å². The summed E-state index contributed by atoms with van der Waals surface area (Å²) in [5.41, 5.74) is 0.260. The predicted octanol–water partition coefficient (Wildman–Crippen LogP) is 6.40. The Balaban J connectivity index is 1.17. The van der Waals surface area contributed by atoms with Crippen molar-refractivity contribution in [2.24, 2.45) is 0 Å². The van der Waals surface area contributed by atoms with E-state index in [1.165, 1.54) is 22.1 Å². The molecule has 3 atom stereocenters. The molecule has 1 fully saturated rings. The van der Waals surface area contributed by atoms with Crippen LogP contribution in [0.3, 0.4) is 0 Å². The number of aliphatic hydroxyl groups is 1. The van der Waals surface area contributed by atoms with Crippen LogP contribution in [0.1, 0.15) is 39.8 Å². The van der Waals surface area contributed by atoms with Crippen molar-refractivity contribution in [3.05, 3.63) is 163 Å². The summed E-state index contributed by atoms with van der Waals surface area (Å²) in [6, 6.07) is 33.1. The van der Waals surface area contributed by atoms with Crippen LogP contribution in [-0.4, -0.2) is 47.7 Å². The molecule has 0 radical (unpaired) electrons. The molecule has 6 aromatic rings. The number of hydrogen-bond donors (Lipinski definition) is 2. The molecule has 0 unspecified atom stereocenters. The van der Waals surface area contributed by atoms with Gasteiger partial charge in [0, 0.05) is 22.4 Å². The minimum Gasteiger partial charge on any atom is -0.497 e. The van der Waals surface area contributed by atoms with Crippen LogP contribution < -0.4 is 20.7 Å². The normalized spacial score (nSPS) is 17.1. The highest BCUT2D eigenvalue weighted by Crippen LogP contribution is 2.42. The Morgan fingerprint density at radius 1 is 0.843 bits per heavy atom. The van der Waals surface area contributed by atoms with Crippen LogP contribution in [0.15, 0.2) is 124 Å². The molecule has 1 aliphatic heterocycles. The van der Waals surface area contributed by atoms with Gasteiger partial charge in [-0.05, 0) is 64.5 Å². The Kier molecular flexibility index (Phi) is 10.0. The largest absolute Gasteiger partial charge is 0.497 e. The maximum absolute atomic E-state index is 13.0. The Morgan fingerprint density at radius 2 is 1.51 bits per heavy atom. The minimum absolute atomic E-state index is 0.0274. The van der Waals surface area contributed by atoms with Crippen molar-refractivity contribution < 1.29 is 24.1 Å². The zero-order valence-electron chi connectivity index (χ0n) is 27.8. The summed E-state index contributed by atoms with van der Waals surface area (Å²) in [4.78, 5) is 31.2. The first kappa shape index (κ1) is 34.2. The number of methoxy groups -OCH3 is 2. The van der Waals surface area contributed by atoms with E-state index in [2.05, 4.69) is 16.8 Å². The second-order valence-corrected chi connectivity index (χ2v) is 13.9. The lowest BCUT2D eigenvalue weighted by atomic mass is 9.80. The summed E-state index contributed by atoms with van der Waals surface area (Å²) in [7, 11) is 3.23. The zero-order chi connectivity index (χ0) is 35.4. The highest BCUT2D eigenvalue weighted by molar-refractivity contribution is 7.21. The van der Waals surface area contributed by atoms with Gasteiger partial charge in [0.25, 0.3) is 5.56 Å². The van der Waals surface area contributed by atoms with Gasteiger partial charge in [0.2, 0.25) is 0 Å². The monoisotopic (exact) mass is 718 g/mol. The highest BCUT2D eigenvalue weighted by atomic mass is 32.1. The van der Waals surface area contributed by atoms with Gasteiger partial charge < -0.3 is 24.1 Å². The lowest BCUT2D eigenvalue weighted by Crippen LogP contribution is -2.38. The van der Waals surface area contributed by atoms with Gasteiger partial charge in [0.05, 0.1) is 31.8 Å². The number of nitrogens with zero attached hydrogens (tertiary/aromatic N) is 1. The molecule has 1 saturated heterocycles. The van der Waals surface area contributed by atoms with Crippen molar-refractivity contribution in [1.82, 2.24) is 9.55 Å².